The number of sulfone groups is 1. The smallest absolute Gasteiger partial charge is 0.385 e. The minimum atomic E-state index is -5.94. The molecular formula is C38H45F5O6S. The molecule has 5 aliphatic rings. The van der Waals surface area contributed by atoms with Crippen molar-refractivity contribution in [1.29, 1.82) is 0 Å². The normalized spacial score (nSPS) is 35.4. The molecular weight excluding hydrogens is 679 g/mol. The van der Waals surface area contributed by atoms with Crippen LogP contribution in [0.25, 0.3) is 11.1 Å². The maximum absolute atomic E-state index is 15.4. The molecule has 12 heteroatoms. The maximum atomic E-state index is 15.4. The fourth-order valence-corrected chi connectivity index (χ4v) is 10.8. The second kappa shape index (κ2) is 11.3. The Bertz CT molecular complexity index is 1810. The molecule has 3 unspecified atom stereocenters. The zero-order chi connectivity index (χ0) is 36.3. The van der Waals surface area contributed by atoms with Crippen molar-refractivity contribution in [1.82, 2.24) is 0 Å². The van der Waals surface area contributed by atoms with Crippen molar-refractivity contribution in [3.05, 3.63) is 65.2 Å². The molecule has 0 bridgehead atoms. The Balaban J connectivity index is 1.33. The van der Waals surface area contributed by atoms with Gasteiger partial charge in [0.2, 0.25) is 0 Å². The van der Waals surface area contributed by atoms with E-state index in [0.29, 0.717) is 49.2 Å². The average molecular weight is 725 g/mol. The molecule has 1 aliphatic heterocycles. The minimum Gasteiger partial charge on any atom is -0.385 e. The van der Waals surface area contributed by atoms with Crippen LogP contribution in [0.1, 0.15) is 83.6 Å². The molecule has 2 N–H and O–H groups in total. The fraction of sp³-hybridized carbons (Fsp3) is 0.632. The Morgan fingerprint density at radius 2 is 1.52 bits per heavy atom. The number of ether oxygens (including phenoxy) is 2. The highest BCUT2D eigenvalue weighted by atomic mass is 32.2. The monoisotopic (exact) mass is 724 g/mol. The number of hydrogen-bond donors (Lipinski definition) is 2. The summed E-state index contributed by atoms with van der Waals surface area (Å²) in [7, 11) is -3.47. The summed E-state index contributed by atoms with van der Waals surface area (Å²) in [6.07, 6.45) is -3.94. The van der Waals surface area contributed by atoms with Crippen molar-refractivity contribution in [2.45, 2.75) is 112 Å². The van der Waals surface area contributed by atoms with E-state index in [2.05, 4.69) is 0 Å². The van der Waals surface area contributed by atoms with Gasteiger partial charge in [-0.05, 0) is 84.8 Å². The number of rotatable bonds is 4. The van der Waals surface area contributed by atoms with E-state index >= 15 is 8.78 Å². The van der Waals surface area contributed by atoms with Crippen LogP contribution < -0.4 is 0 Å². The fourth-order valence-electron chi connectivity index (χ4n) is 10.1. The number of benzene rings is 2. The lowest BCUT2D eigenvalue weighted by molar-refractivity contribution is -0.362. The van der Waals surface area contributed by atoms with E-state index in [1.165, 1.54) is 13.0 Å². The molecule has 50 heavy (non-hydrogen) atoms. The van der Waals surface area contributed by atoms with Gasteiger partial charge in [-0.3, -0.25) is 0 Å². The van der Waals surface area contributed by atoms with Gasteiger partial charge in [-0.2, -0.15) is 22.0 Å². The maximum Gasteiger partial charge on any atom is 0.456 e. The van der Waals surface area contributed by atoms with Crippen LogP contribution in [0, 0.1) is 22.7 Å². The number of alkyl halides is 5. The number of allylic oxidation sites excluding steroid dienone is 1. The molecule has 274 valence electrons. The van der Waals surface area contributed by atoms with Crippen LogP contribution in [0.3, 0.4) is 0 Å². The molecule has 4 fully saturated rings. The molecule has 7 rings (SSSR count). The summed E-state index contributed by atoms with van der Waals surface area (Å²) in [5, 5.41) is 24.0. The molecule has 6 nitrogen and oxygen atoms in total. The lowest BCUT2D eigenvalue weighted by atomic mass is 9.49. The largest absolute Gasteiger partial charge is 0.456 e. The Kier molecular flexibility index (Phi) is 8.14. The third-order valence-electron chi connectivity index (χ3n) is 12.8. The van der Waals surface area contributed by atoms with Gasteiger partial charge < -0.3 is 19.7 Å². The van der Waals surface area contributed by atoms with Crippen LogP contribution in [0.2, 0.25) is 0 Å². The molecule has 3 saturated carbocycles. The summed E-state index contributed by atoms with van der Waals surface area (Å²) < 4.78 is 110. The highest BCUT2D eigenvalue weighted by Crippen LogP contribution is 2.71. The van der Waals surface area contributed by atoms with Crippen LogP contribution in [-0.4, -0.2) is 67.2 Å². The summed E-state index contributed by atoms with van der Waals surface area (Å²) >= 11 is 0. The first kappa shape index (κ1) is 36.0. The Morgan fingerprint density at radius 3 is 2.14 bits per heavy atom. The Hall–Kier alpha value is -2.38. The van der Waals surface area contributed by atoms with E-state index in [0.717, 1.165) is 17.4 Å². The van der Waals surface area contributed by atoms with E-state index in [4.69, 9.17) is 9.47 Å². The molecule has 1 saturated heterocycles. The first-order valence-corrected chi connectivity index (χ1v) is 19.3. The molecule has 0 radical (unpaired) electrons. The lowest BCUT2D eigenvalue weighted by Gasteiger charge is -2.59. The third-order valence-corrected chi connectivity index (χ3v) is 13.9. The highest BCUT2D eigenvalue weighted by Gasteiger charge is 2.79. The van der Waals surface area contributed by atoms with Crippen molar-refractivity contribution in [3.63, 3.8) is 0 Å². The van der Waals surface area contributed by atoms with Crippen molar-refractivity contribution in [3.8, 4) is 11.1 Å². The molecule has 0 amide bonds. The third kappa shape index (κ3) is 5.41. The van der Waals surface area contributed by atoms with E-state index < -0.39 is 68.5 Å². The van der Waals surface area contributed by atoms with Crippen molar-refractivity contribution in [2.75, 3.05) is 19.5 Å². The van der Waals surface area contributed by atoms with Gasteiger partial charge in [0.05, 0.1) is 23.7 Å². The summed E-state index contributed by atoms with van der Waals surface area (Å²) in [5.41, 5.74) is -2.93. The molecule has 6 atom stereocenters. The summed E-state index contributed by atoms with van der Waals surface area (Å²) in [4.78, 5) is 0.150. The summed E-state index contributed by atoms with van der Waals surface area (Å²) in [5.74, 6) is -8.03. The molecule has 2 aromatic carbocycles. The molecule has 0 aromatic heterocycles. The van der Waals surface area contributed by atoms with Gasteiger partial charge in [-0.1, -0.05) is 62.7 Å². The van der Waals surface area contributed by atoms with Crippen molar-refractivity contribution in [2.24, 2.45) is 22.7 Å². The van der Waals surface area contributed by atoms with Crippen LogP contribution in [0.5, 0.6) is 0 Å². The lowest BCUT2D eigenvalue weighted by Crippen LogP contribution is -2.65. The quantitative estimate of drug-likeness (QED) is 0.246. The number of fused-ring (bicyclic) bond motifs is 4. The van der Waals surface area contributed by atoms with Gasteiger partial charge in [0.25, 0.3) is 0 Å². The van der Waals surface area contributed by atoms with Gasteiger partial charge in [0.1, 0.15) is 5.60 Å². The summed E-state index contributed by atoms with van der Waals surface area (Å²) in [6.45, 7) is 6.40. The van der Waals surface area contributed by atoms with Crippen LogP contribution >= 0.6 is 0 Å². The average Bonchev–Trinajstić information content (AvgIpc) is 3.32. The SMILES string of the molecule is CC1(C)COC2(CCC3=C4C(CCC3(O)C2)C2CC[C@@](O)(C(F)(F)C(F)(F)F)[C@@]2(C)C[C@@H]4c2ccc(-c3cccc(S(C)(=O)=O)c3)cc2)OC1. The first-order chi connectivity index (χ1) is 23.1. The molecule has 2 aromatic rings. The Labute approximate surface area is 290 Å². The molecule has 1 spiro atoms. The number of aliphatic hydroxyl groups is 2. The molecule has 1 heterocycles. The zero-order valence-electron chi connectivity index (χ0n) is 28.7. The summed E-state index contributed by atoms with van der Waals surface area (Å²) in [6, 6.07) is 13.6. The predicted molar refractivity (Wildman–Crippen MR) is 176 cm³/mol. The second-order valence-electron chi connectivity index (χ2n) is 16.6. The van der Waals surface area contributed by atoms with Gasteiger partial charge in [-0.25, -0.2) is 8.42 Å². The highest BCUT2D eigenvalue weighted by molar-refractivity contribution is 7.90. The van der Waals surface area contributed by atoms with Gasteiger partial charge >= 0.3 is 12.1 Å². The van der Waals surface area contributed by atoms with E-state index in [1.807, 2.05) is 13.8 Å². The van der Waals surface area contributed by atoms with Crippen LogP contribution in [-0.2, 0) is 19.3 Å². The first-order valence-electron chi connectivity index (χ1n) is 17.4. The van der Waals surface area contributed by atoms with Gasteiger partial charge in [-0.15, -0.1) is 0 Å². The van der Waals surface area contributed by atoms with Crippen molar-refractivity contribution >= 4 is 9.84 Å². The minimum absolute atomic E-state index is 0.00607. The zero-order valence-corrected chi connectivity index (χ0v) is 29.6. The Morgan fingerprint density at radius 1 is 0.860 bits per heavy atom. The van der Waals surface area contributed by atoms with E-state index in [1.54, 1.807) is 42.5 Å². The number of hydrogen-bond acceptors (Lipinski definition) is 6. The van der Waals surface area contributed by atoms with Crippen molar-refractivity contribution < 1.29 is 50.1 Å². The number of halogens is 5. The molecule has 4 aliphatic carbocycles. The van der Waals surface area contributed by atoms with Gasteiger partial charge in [0.15, 0.2) is 15.6 Å². The second-order valence-corrected chi connectivity index (χ2v) is 18.6. The van der Waals surface area contributed by atoms with Crippen LogP contribution in [0.15, 0.2) is 64.6 Å². The predicted octanol–water partition coefficient (Wildman–Crippen LogP) is 7.98. The van der Waals surface area contributed by atoms with E-state index in [9.17, 15) is 31.8 Å². The standard InChI is InChI=1S/C38H45F5O6S/c1-32(2)21-48-35(49-22-32)16-13-30-31-27(12-15-34(30,44)20-35)29-14-17-36(45,37(39,40)38(41,42)43)33(29,3)19-28(31)24-10-8-23(9-11-24)25-6-5-7-26(18-25)50(4,46)47/h5-11,18,27-29,44-45H,12-17,19-22H2,1-4H3/t27?,28-,29?,33+,34?,36+/m1/s1. The van der Waals surface area contributed by atoms with E-state index in [-0.39, 0.29) is 36.0 Å². The topological polar surface area (TPSA) is 93.1 Å². The van der Waals surface area contributed by atoms with Crippen LogP contribution in [0.4, 0.5) is 22.0 Å². The van der Waals surface area contributed by atoms with Gasteiger partial charge in [0, 0.05) is 35.8 Å².